The highest BCUT2D eigenvalue weighted by molar-refractivity contribution is 5.92. The maximum absolute atomic E-state index is 12.4. The third-order valence-corrected chi connectivity index (χ3v) is 4.40. The molecule has 0 aliphatic carbocycles. The molecule has 2 fully saturated rings. The molecule has 1 aromatic heterocycles. The molecule has 1 atom stereocenters. The van der Waals surface area contributed by atoms with Crippen LogP contribution in [0, 0.1) is 12.8 Å². The molecular formula is C16H22N4O3. The lowest BCUT2D eigenvalue weighted by Gasteiger charge is -2.27. The number of rotatable bonds is 3. The van der Waals surface area contributed by atoms with Crippen LogP contribution in [-0.2, 0) is 9.53 Å². The van der Waals surface area contributed by atoms with Crippen molar-refractivity contribution in [3.05, 3.63) is 23.8 Å². The van der Waals surface area contributed by atoms with Crippen LogP contribution in [0.1, 0.15) is 29.0 Å². The molecule has 7 nitrogen and oxygen atoms in total. The smallest absolute Gasteiger partial charge is 0.274 e. The standard InChI is InChI=1S/C16H22N4O3/c1-12-9-18-14(10-17-12)16(22)20-3-2-13(11-20)8-15(21)19-4-6-23-7-5-19/h9-10,13H,2-8,11H2,1H3. The first-order chi connectivity index (χ1) is 11.1. The van der Waals surface area contributed by atoms with E-state index in [1.807, 2.05) is 11.8 Å². The normalized spacial score (nSPS) is 21.5. The maximum Gasteiger partial charge on any atom is 0.274 e. The van der Waals surface area contributed by atoms with Crippen LogP contribution < -0.4 is 0 Å². The molecular weight excluding hydrogens is 296 g/mol. The van der Waals surface area contributed by atoms with Gasteiger partial charge in [-0.05, 0) is 19.3 Å². The Kier molecular flexibility index (Phi) is 4.85. The van der Waals surface area contributed by atoms with Gasteiger partial charge < -0.3 is 14.5 Å². The molecule has 0 radical (unpaired) electrons. The number of likely N-dealkylation sites (tertiary alicyclic amines) is 1. The molecule has 2 aliphatic rings. The van der Waals surface area contributed by atoms with Crippen molar-refractivity contribution in [3.8, 4) is 0 Å². The second-order valence-electron chi connectivity index (χ2n) is 6.15. The third-order valence-electron chi connectivity index (χ3n) is 4.40. The van der Waals surface area contributed by atoms with Gasteiger partial charge in [0.2, 0.25) is 5.91 Å². The molecule has 23 heavy (non-hydrogen) atoms. The van der Waals surface area contributed by atoms with E-state index in [2.05, 4.69) is 9.97 Å². The van der Waals surface area contributed by atoms with Crippen molar-refractivity contribution in [1.82, 2.24) is 19.8 Å². The lowest BCUT2D eigenvalue weighted by Crippen LogP contribution is -2.41. The number of carbonyl (C=O) groups excluding carboxylic acids is 2. The van der Waals surface area contributed by atoms with Gasteiger partial charge in [0.15, 0.2) is 0 Å². The number of morpholine rings is 1. The highest BCUT2D eigenvalue weighted by atomic mass is 16.5. The van der Waals surface area contributed by atoms with Gasteiger partial charge in [-0.1, -0.05) is 0 Å². The van der Waals surface area contributed by atoms with Gasteiger partial charge in [-0.15, -0.1) is 0 Å². The average molecular weight is 318 g/mol. The molecule has 0 N–H and O–H groups in total. The summed E-state index contributed by atoms with van der Waals surface area (Å²) in [5, 5.41) is 0. The Bertz CT molecular complexity index is 569. The molecule has 1 aromatic rings. The summed E-state index contributed by atoms with van der Waals surface area (Å²) in [6, 6.07) is 0. The van der Waals surface area contributed by atoms with Crippen molar-refractivity contribution in [2.24, 2.45) is 5.92 Å². The van der Waals surface area contributed by atoms with Crippen LogP contribution in [0.4, 0.5) is 0 Å². The Labute approximate surface area is 135 Å². The van der Waals surface area contributed by atoms with Gasteiger partial charge >= 0.3 is 0 Å². The van der Waals surface area contributed by atoms with Crippen LogP contribution in [0.3, 0.4) is 0 Å². The molecule has 0 saturated carbocycles. The SMILES string of the molecule is Cc1cnc(C(=O)N2CCC(CC(=O)N3CCOCC3)C2)cn1. The highest BCUT2D eigenvalue weighted by Gasteiger charge is 2.30. The zero-order chi connectivity index (χ0) is 16.2. The van der Waals surface area contributed by atoms with Crippen molar-refractivity contribution in [2.45, 2.75) is 19.8 Å². The summed E-state index contributed by atoms with van der Waals surface area (Å²) in [6.07, 6.45) is 4.48. The topological polar surface area (TPSA) is 75.6 Å². The predicted molar refractivity (Wildman–Crippen MR) is 82.8 cm³/mol. The highest BCUT2D eigenvalue weighted by Crippen LogP contribution is 2.22. The number of hydrogen-bond acceptors (Lipinski definition) is 5. The first kappa shape index (κ1) is 15.9. The van der Waals surface area contributed by atoms with Crippen LogP contribution in [0.2, 0.25) is 0 Å². The van der Waals surface area contributed by atoms with E-state index in [4.69, 9.17) is 4.74 Å². The van der Waals surface area contributed by atoms with E-state index in [1.54, 1.807) is 11.1 Å². The average Bonchev–Trinajstić information content (AvgIpc) is 3.04. The second kappa shape index (κ2) is 7.04. The minimum absolute atomic E-state index is 0.0983. The van der Waals surface area contributed by atoms with Crippen LogP contribution in [-0.4, -0.2) is 71.0 Å². The Morgan fingerprint density at radius 2 is 1.96 bits per heavy atom. The fourth-order valence-corrected chi connectivity index (χ4v) is 3.04. The first-order valence-corrected chi connectivity index (χ1v) is 8.07. The molecule has 124 valence electrons. The zero-order valence-electron chi connectivity index (χ0n) is 13.4. The molecule has 7 heteroatoms. The van der Waals surface area contributed by atoms with Crippen molar-refractivity contribution in [3.63, 3.8) is 0 Å². The molecule has 3 heterocycles. The van der Waals surface area contributed by atoms with Gasteiger partial charge in [-0.3, -0.25) is 14.6 Å². The number of aryl methyl sites for hydroxylation is 1. The Morgan fingerprint density at radius 1 is 1.17 bits per heavy atom. The minimum Gasteiger partial charge on any atom is -0.378 e. The summed E-state index contributed by atoms with van der Waals surface area (Å²) >= 11 is 0. The fraction of sp³-hybridized carbons (Fsp3) is 0.625. The first-order valence-electron chi connectivity index (χ1n) is 8.07. The van der Waals surface area contributed by atoms with E-state index in [0.29, 0.717) is 51.5 Å². The summed E-state index contributed by atoms with van der Waals surface area (Å²) < 4.78 is 5.27. The van der Waals surface area contributed by atoms with Gasteiger partial charge in [-0.25, -0.2) is 4.98 Å². The summed E-state index contributed by atoms with van der Waals surface area (Å²) in [6.45, 7) is 5.71. The van der Waals surface area contributed by atoms with Crippen LogP contribution >= 0.6 is 0 Å². The molecule has 1 unspecified atom stereocenters. The quantitative estimate of drug-likeness (QED) is 0.811. The lowest BCUT2D eigenvalue weighted by atomic mass is 10.0. The van der Waals surface area contributed by atoms with E-state index in [-0.39, 0.29) is 17.7 Å². The number of hydrogen-bond donors (Lipinski definition) is 0. The molecule has 2 amide bonds. The van der Waals surface area contributed by atoms with Gasteiger partial charge in [0, 0.05) is 38.8 Å². The predicted octanol–water partition coefficient (Wildman–Crippen LogP) is 0.496. The van der Waals surface area contributed by atoms with Crippen molar-refractivity contribution in [1.29, 1.82) is 0 Å². The van der Waals surface area contributed by atoms with Crippen molar-refractivity contribution >= 4 is 11.8 Å². The minimum atomic E-state index is -0.0983. The number of ether oxygens (including phenoxy) is 1. The van der Waals surface area contributed by atoms with Gasteiger partial charge in [0.05, 0.1) is 25.1 Å². The van der Waals surface area contributed by atoms with E-state index in [9.17, 15) is 9.59 Å². The van der Waals surface area contributed by atoms with Crippen molar-refractivity contribution < 1.29 is 14.3 Å². The lowest BCUT2D eigenvalue weighted by molar-refractivity contribution is -0.136. The molecule has 3 rings (SSSR count). The van der Waals surface area contributed by atoms with Crippen LogP contribution in [0.15, 0.2) is 12.4 Å². The van der Waals surface area contributed by atoms with Gasteiger partial charge in [0.25, 0.3) is 5.91 Å². The molecule has 0 spiro atoms. The summed E-state index contributed by atoms with van der Waals surface area (Å²) in [5.41, 5.74) is 1.16. The Morgan fingerprint density at radius 3 is 2.65 bits per heavy atom. The number of amides is 2. The van der Waals surface area contributed by atoms with Gasteiger partial charge in [-0.2, -0.15) is 0 Å². The number of carbonyl (C=O) groups is 2. The zero-order valence-corrected chi connectivity index (χ0v) is 13.4. The summed E-state index contributed by atoms with van der Waals surface area (Å²) in [5.74, 6) is 0.300. The van der Waals surface area contributed by atoms with Gasteiger partial charge in [0.1, 0.15) is 5.69 Å². The molecule has 0 bridgehead atoms. The molecule has 2 saturated heterocycles. The molecule has 2 aliphatic heterocycles. The van der Waals surface area contributed by atoms with E-state index < -0.39 is 0 Å². The van der Waals surface area contributed by atoms with E-state index in [1.165, 1.54) is 6.20 Å². The summed E-state index contributed by atoms with van der Waals surface area (Å²) in [4.78, 5) is 36.6. The number of nitrogens with zero attached hydrogens (tertiary/aromatic N) is 4. The Hall–Kier alpha value is -2.02. The van der Waals surface area contributed by atoms with Crippen LogP contribution in [0.25, 0.3) is 0 Å². The van der Waals surface area contributed by atoms with Crippen LogP contribution in [0.5, 0.6) is 0 Å². The second-order valence-corrected chi connectivity index (χ2v) is 6.15. The summed E-state index contributed by atoms with van der Waals surface area (Å²) in [7, 11) is 0. The van der Waals surface area contributed by atoms with E-state index in [0.717, 1.165) is 12.1 Å². The Balaban J connectivity index is 1.52. The van der Waals surface area contributed by atoms with E-state index >= 15 is 0 Å². The largest absolute Gasteiger partial charge is 0.378 e. The third kappa shape index (κ3) is 3.85. The maximum atomic E-state index is 12.4. The molecule has 0 aromatic carbocycles. The number of aromatic nitrogens is 2. The fourth-order valence-electron chi connectivity index (χ4n) is 3.04. The monoisotopic (exact) mass is 318 g/mol. The van der Waals surface area contributed by atoms with Crippen molar-refractivity contribution in [2.75, 3.05) is 39.4 Å².